The van der Waals surface area contributed by atoms with Crippen molar-refractivity contribution < 1.29 is 9.47 Å². The predicted octanol–water partition coefficient (Wildman–Crippen LogP) is 8.68. The molecule has 0 spiro atoms. The van der Waals surface area contributed by atoms with Crippen LogP contribution in [0.25, 0.3) is 44.3 Å². The molecule has 0 radical (unpaired) electrons. The molecule has 2 N–H and O–H groups in total. The van der Waals surface area contributed by atoms with Crippen LogP contribution in [0.2, 0.25) is 0 Å². The van der Waals surface area contributed by atoms with Crippen molar-refractivity contribution in [3.8, 4) is 22.3 Å². The standard InChI is InChI=1S/C42H52N6O2/c1-3-39(47(19-1)21-13-29-15-23-49-24-16-29)41-43-35-11-9-33(27-37(35)45-41)31-5-7-32(8-6-31)34-10-12-36-38(28-34)46-42(44-36)40-4-2-20-48(40)22-14-30-17-25-50-26-18-30/h5-12,27-30,39-40H,1-4,13-26H2,(H,43,45)(H,44,46)/t39-,40?/m0/s1. The highest BCUT2D eigenvalue weighted by atomic mass is 16.5. The fourth-order valence-corrected chi connectivity index (χ4v) is 9.15. The van der Waals surface area contributed by atoms with Crippen LogP contribution < -0.4 is 0 Å². The average Bonchev–Trinajstić information content (AvgIpc) is 3.99. The van der Waals surface area contributed by atoms with Gasteiger partial charge in [-0.05, 0) is 149 Å². The number of nitrogens with zero attached hydrogens (tertiary/aromatic N) is 4. The van der Waals surface area contributed by atoms with E-state index in [0.717, 1.165) is 85.1 Å². The molecule has 262 valence electrons. The molecule has 0 saturated carbocycles. The summed E-state index contributed by atoms with van der Waals surface area (Å²) in [5.41, 5.74) is 9.20. The Morgan fingerprint density at radius 2 is 0.960 bits per heavy atom. The maximum Gasteiger partial charge on any atom is 0.124 e. The topological polar surface area (TPSA) is 82.3 Å². The van der Waals surface area contributed by atoms with Crippen LogP contribution in [0.5, 0.6) is 0 Å². The molecule has 2 aromatic heterocycles. The lowest BCUT2D eigenvalue weighted by molar-refractivity contribution is 0.0592. The van der Waals surface area contributed by atoms with E-state index >= 15 is 0 Å². The van der Waals surface area contributed by atoms with Crippen molar-refractivity contribution in [3.05, 3.63) is 72.3 Å². The van der Waals surface area contributed by atoms with Crippen LogP contribution in [0.4, 0.5) is 0 Å². The van der Waals surface area contributed by atoms with Gasteiger partial charge in [0.05, 0.1) is 34.2 Å². The third-order valence-corrected chi connectivity index (χ3v) is 12.2. The van der Waals surface area contributed by atoms with Crippen molar-refractivity contribution in [2.75, 3.05) is 52.6 Å². The van der Waals surface area contributed by atoms with Crippen LogP contribution in [0, 0.1) is 11.8 Å². The second kappa shape index (κ2) is 14.6. The van der Waals surface area contributed by atoms with Crippen molar-refractivity contribution in [2.24, 2.45) is 11.8 Å². The van der Waals surface area contributed by atoms with E-state index < -0.39 is 0 Å². The van der Waals surface area contributed by atoms with Crippen molar-refractivity contribution in [2.45, 2.75) is 76.3 Å². The second-order valence-corrected chi connectivity index (χ2v) is 15.4. The molecular formula is C42H52N6O2. The lowest BCUT2D eigenvalue weighted by Crippen LogP contribution is -2.28. The summed E-state index contributed by atoms with van der Waals surface area (Å²) in [5, 5.41) is 0. The number of aromatic amines is 2. The van der Waals surface area contributed by atoms with Gasteiger partial charge >= 0.3 is 0 Å². The summed E-state index contributed by atoms with van der Waals surface area (Å²) >= 11 is 0. The number of likely N-dealkylation sites (tertiary alicyclic amines) is 2. The summed E-state index contributed by atoms with van der Waals surface area (Å²) < 4.78 is 11.2. The van der Waals surface area contributed by atoms with E-state index in [2.05, 4.69) is 80.4 Å². The van der Waals surface area contributed by atoms with Gasteiger partial charge in [-0.1, -0.05) is 36.4 Å². The Kier molecular flexibility index (Phi) is 9.44. The molecular weight excluding hydrogens is 621 g/mol. The Labute approximate surface area is 296 Å². The van der Waals surface area contributed by atoms with E-state index in [1.807, 2.05) is 0 Å². The van der Waals surface area contributed by atoms with Gasteiger partial charge in [0.2, 0.25) is 0 Å². The number of rotatable bonds is 10. The molecule has 4 aliphatic heterocycles. The third-order valence-electron chi connectivity index (χ3n) is 12.2. The first-order valence-corrected chi connectivity index (χ1v) is 19.5. The number of imidazole rings is 2. The molecule has 4 fully saturated rings. The minimum Gasteiger partial charge on any atom is -0.381 e. The van der Waals surface area contributed by atoms with Crippen molar-refractivity contribution in [3.63, 3.8) is 0 Å². The molecule has 0 amide bonds. The Morgan fingerprint density at radius 1 is 0.540 bits per heavy atom. The van der Waals surface area contributed by atoms with Gasteiger partial charge in [0.25, 0.3) is 0 Å². The highest BCUT2D eigenvalue weighted by molar-refractivity contribution is 5.84. The molecule has 2 atom stereocenters. The highest BCUT2D eigenvalue weighted by Crippen LogP contribution is 2.36. The normalized spacial score (nSPS) is 23.1. The van der Waals surface area contributed by atoms with E-state index in [1.54, 1.807) is 0 Å². The first kappa shape index (κ1) is 32.4. The van der Waals surface area contributed by atoms with Gasteiger partial charge in [-0.3, -0.25) is 9.80 Å². The molecule has 9 rings (SSSR count). The number of nitrogens with one attached hydrogen (secondary N) is 2. The molecule has 50 heavy (non-hydrogen) atoms. The first-order chi connectivity index (χ1) is 24.7. The Balaban J connectivity index is 0.868. The molecule has 8 nitrogen and oxygen atoms in total. The first-order valence-electron chi connectivity index (χ1n) is 19.5. The number of fused-ring (bicyclic) bond motifs is 2. The SMILES string of the molecule is c1cc(-c2ccc3[nH]c([C@@H]4CCCN4CCC4CCOCC4)nc3c2)ccc1-c1ccc2[nH]c(C3CCCN3CCC3CCOCC3)nc2c1. The summed E-state index contributed by atoms with van der Waals surface area (Å²) in [4.78, 5) is 23.0. The van der Waals surface area contributed by atoms with Crippen LogP contribution in [0.3, 0.4) is 0 Å². The van der Waals surface area contributed by atoms with Gasteiger partial charge in [-0.15, -0.1) is 0 Å². The summed E-state index contributed by atoms with van der Waals surface area (Å²) in [7, 11) is 0. The van der Waals surface area contributed by atoms with Crippen molar-refractivity contribution in [1.29, 1.82) is 0 Å². The van der Waals surface area contributed by atoms with Crippen LogP contribution in [-0.2, 0) is 9.47 Å². The fraction of sp³-hybridized carbons (Fsp3) is 0.524. The smallest absolute Gasteiger partial charge is 0.124 e. The summed E-state index contributed by atoms with van der Waals surface area (Å²) in [6, 6.07) is 23.1. The number of ether oxygens (including phenoxy) is 2. The van der Waals surface area contributed by atoms with Crippen LogP contribution >= 0.6 is 0 Å². The van der Waals surface area contributed by atoms with E-state index in [9.17, 15) is 0 Å². The molecule has 6 heterocycles. The molecule has 0 aliphatic carbocycles. The largest absolute Gasteiger partial charge is 0.381 e. The van der Waals surface area contributed by atoms with Crippen LogP contribution in [-0.4, -0.2) is 82.3 Å². The highest BCUT2D eigenvalue weighted by Gasteiger charge is 2.30. The number of hydrogen-bond acceptors (Lipinski definition) is 6. The monoisotopic (exact) mass is 672 g/mol. The van der Waals surface area contributed by atoms with Crippen LogP contribution in [0.1, 0.15) is 87.9 Å². The van der Waals surface area contributed by atoms with E-state index in [1.165, 1.54) is 99.6 Å². The van der Waals surface area contributed by atoms with Gasteiger partial charge in [-0.2, -0.15) is 0 Å². The average molecular weight is 673 g/mol. The third kappa shape index (κ3) is 6.88. The van der Waals surface area contributed by atoms with Crippen molar-refractivity contribution >= 4 is 22.1 Å². The summed E-state index contributed by atoms with van der Waals surface area (Å²) in [6.07, 6.45) is 12.3. The van der Waals surface area contributed by atoms with Gasteiger partial charge in [0, 0.05) is 26.4 Å². The molecule has 1 unspecified atom stereocenters. The maximum atomic E-state index is 5.58. The number of H-pyrrole nitrogens is 2. The molecule has 4 aliphatic rings. The Hall–Kier alpha value is -3.56. The van der Waals surface area contributed by atoms with E-state index in [4.69, 9.17) is 19.4 Å². The molecule has 8 heteroatoms. The number of hydrogen-bond donors (Lipinski definition) is 2. The fourth-order valence-electron chi connectivity index (χ4n) is 9.15. The van der Waals surface area contributed by atoms with E-state index in [0.29, 0.717) is 12.1 Å². The molecule has 4 saturated heterocycles. The molecule has 5 aromatic rings. The van der Waals surface area contributed by atoms with Gasteiger partial charge in [0.1, 0.15) is 11.6 Å². The second-order valence-electron chi connectivity index (χ2n) is 15.4. The zero-order chi connectivity index (χ0) is 33.3. The lowest BCUT2D eigenvalue weighted by Gasteiger charge is -2.27. The summed E-state index contributed by atoms with van der Waals surface area (Å²) in [6.45, 7) is 8.40. The zero-order valence-corrected chi connectivity index (χ0v) is 29.4. The molecule has 0 bridgehead atoms. The minimum atomic E-state index is 0.396. The van der Waals surface area contributed by atoms with Gasteiger partial charge in [0.15, 0.2) is 0 Å². The van der Waals surface area contributed by atoms with Gasteiger partial charge in [-0.25, -0.2) is 9.97 Å². The van der Waals surface area contributed by atoms with Crippen molar-refractivity contribution in [1.82, 2.24) is 29.7 Å². The minimum absolute atomic E-state index is 0.396. The number of aromatic nitrogens is 4. The number of benzene rings is 3. The lowest BCUT2D eigenvalue weighted by atomic mass is 9.96. The maximum absolute atomic E-state index is 5.58. The quantitative estimate of drug-likeness (QED) is 0.155. The predicted molar refractivity (Wildman–Crippen MR) is 200 cm³/mol. The Morgan fingerprint density at radius 3 is 1.40 bits per heavy atom. The van der Waals surface area contributed by atoms with Crippen LogP contribution in [0.15, 0.2) is 60.7 Å². The molecule has 3 aromatic carbocycles. The zero-order valence-electron chi connectivity index (χ0n) is 29.4. The summed E-state index contributed by atoms with van der Waals surface area (Å²) in [5.74, 6) is 3.87. The van der Waals surface area contributed by atoms with E-state index in [-0.39, 0.29) is 0 Å². The Bertz CT molecular complexity index is 1750. The van der Waals surface area contributed by atoms with Gasteiger partial charge < -0.3 is 19.4 Å².